The van der Waals surface area contributed by atoms with Gasteiger partial charge < -0.3 is 10.2 Å². The minimum absolute atomic E-state index is 0.146. The summed E-state index contributed by atoms with van der Waals surface area (Å²) < 4.78 is 0. The Hall–Kier alpha value is -0.450. The van der Waals surface area contributed by atoms with Gasteiger partial charge in [-0.25, -0.2) is 4.98 Å². The van der Waals surface area contributed by atoms with Gasteiger partial charge in [-0.3, -0.25) is 0 Å². The summed E-state index contributed by atoms with van der Waals surface area (Å²) in [5, 5.41) is 4.88. The normalized spacial score (nSPS) is 14.2. The maximum absolute atomic E-state index is 4.75. The summed E-state index contributed by atoms with van der Waals surface area (Å²) >= 11 is 1.86. The SMILES string of the molecule is Cc1nc(C(C)(C)C)sc1C(C)NCCCN(C)C(C)C. The zero-order chi connectivity index (χ0) is 16.2. The van der Waals surface area contributed by atoms with E-state index in [1.54, 1.807) is 0 Å². The third-order valence-electron chi connectivity index (χ3n) is 3.89. The number of hydrogen-bond donors (Lipinski definition) is 1. The predicted octanol–water partition coefficient (Wildman–Crippen LogP) is 4.13. The average Bonchev–Trinajstić information content (AvgIpc) is 2.76. The second-order valence-electron chi connectivity index (χ2n) is 7.32. The Labute approximate surface area is 135 Å². The van der Waals surface area contributed by atoms with Crippen LogP contribution in [0.3, 0.4) is 0 Å². The van der Waals surface area contributed by atoms with Crippen LogP contribution in [0.5, 0.6) is 0 Å². The first-order valence-corrected chi connectivity index (χ1v) is 8.86. The van der Waals surface area contributed by atoms with E-state index in [2.05, 4.69) is 65.7 Å². The fourth-order valence-electron chi connectivity index (χ4n) is 2.13. The molecule has 1 rings (SSSR count). The van der Waals surface area contributed by atoms with Gasteiger partial charge in [0.15, 0.2) is 0 Å². The van der Waals surface area contributed by atoms with Gasteiger partial charge in [0.2, 0.25) is 0 Å². The molecule has 122 valence electrons. The maximum atomic E-state index is 4.75. The van der Waals surface area contributed by atoms with Gasteiger partial charge in [0, 0.05) is 22.4 Å². The van der Waals surface area contributed by atoms with Crippen LogP contribution >= 0.6 is 11.3 Å². The van der Waals surface area contributed by atoms with Gasteiger partial charge in [-0.15, -0.1) is 11.3 Å². The van der Waals surface area contributed by atoms with Crippen LogP contribution in [0.4, 0.5) is 0 Å². The summed E-state index contributed by atoms with van der Waals surface area (Å²) in [6.07, 6.45) is 1.18. The minimum atomic E-state index is 0.146. The zero-order valence-corrected chi connectivity index (χ0v) is 15.9. The second-order valence-corrected chi connectivity index (χ2v) is 8.35. The van der Waals surface area contributed by atoms with E-state index in [-0.39, 0.29) is 5.41 Å². The molecule has 0 amide bonds. The van der Waals surface area contributed by atoms with Crippen LogP contribution in [0.1, 0.15) is 69.6 Å². The van der Waals surface area contributed by atoms with E-state index < -0.39 is 0 Å². The molecular formula is C17H33N3S. The zero-order valence-electron chi connectivity index (χ0n) is 15.1. The highest BCUT2D eigenvalue weighted by atomic mass is 32.1. The summed E-state index contributed by atoms with van der Waals surface area (Å²) in [6.45, 7) is 17.8. The number of thiazole rings is 1. The lowest BCUT2D eigenvalue weighted by Crippen LogP contribution is -2.30. The lowest BCUT2D eigenvalue weighted by atomic mass is 9.98. The Morgan fingerprint density at radius 1 is 1.24 bits per heavy atom. The predicted molar refractivity (Wildman–Crippen MR) is 94.4 cm³/mol. The highest BCUT2D eigenvalue weighted by Gasteiger charge is 2.22. The monoisotopic (exact) mass is 311 g/mol. The van der Waals surface area contributed by atoms with Gasteiger partial charge in [-0.05, 0) is 54.3 Å². The largest absolute Gasteiger partial charge is 0.309 e. The summed E-state index contributed by atoms with van der Waals surface area (Å²) in [5.41, 5.74) is 1.33. The summed E-state index contributed by atoms with van der Waals surface area (Å²) in [6, 6.07) is 1.02. The Bertz CT molecular complexity index is 432. The molecule has 1 unspecified atom stereocenters. The molecule has 0 spiro atoms. The smallest absolute Gasteiger partial charge is 0.0985 e. The molecular weight excluding hydrogens is 278 g/mol. The Morgan fingerprint density at radius 2 is 1.86 bits per heavy atom. The van der Waals surface area contributed by atoms with Crippen molar-refractivity contribution in [3.05, 3.63) is 15.6 Å². The van der Waals surface area contributed by atoms with Crippen LogP contribution in [0.2, 0.25) is 0 Å². The van der Waals surface area contributed by atoms with Crippen LogP contribution < -0.4 is 5.32 Å². The van der Waals surface area contributed by atoms with E-state index in [0.29, 0.717) is 12.1 Å². The molecule has 0 fully saturated rings. The molecule has 0 radical (unpaired) electrons. The number of rotatable bonds is 7. The summed E-state index contributed by atoms with van der Waals surface area (Å²) in [4.78, 5) is 8.53. The number of aromatic nitrogens is 1. The molecule has 1 N–H and O–H groups in total. The molecule has 0 aliphatic carbocycles. The average molecular weight is 312 g/mol. The lowest BCUT2D eigenvalue weighted by molar-refractivity contribution is 0.268. The van der Waals surface area contributed by atoms with E-state index >= 15 is 0 Å². The van der Waals surface area contributed by atoms with Crippen molar-refractivity contribution < 1.29 is 0 Å². The van der Waals surface area contributed by atoms with E-state index in [1.165, 1.54) is 22.0 Å². The first kappa shape index (κ1) is 18.6. The minimum Gasteiger partial charge on any atom is -0.309 e. The molecule has 0 bridgehead atoms. The van der Waals surface area contributed by atoms with Crippen LogP contribution in [0, 0.1) is 6.92 Å². The van der Waals surface area contributed by atoms with Crippen molar-refractivity contribution in [1.29, 1.82) is 0 Å². The van der Waals surface area contributed by atoms with Crippen molar-refractivity contribution in [3.63, 3.8) is 0 Å². The van der Waals surface area contributed by atoms with Crippen molar-refractivity contribution in [1.82, 2.24) is 15.2 Å². The maximum Gasteiger partial charge on any atom is 0.0985 e. The van der Waals surface area contributed by atoms with Gasteiger partial charge in [0.05, 0.1) is 10.7 Å². The number of aryl methyl sites for hydroxylation is 1. The molecule has 1 heterocycles. The van der Waals surface area contributed by atoms with Crippen LogP contribution in [-0.2, 0) is 5.41 Å². The van der Waals surface area contributed by atoms with Crippen molar-refractivity contribution in [2.75, 3.05) is 20.1 Å². The van der Waals surface area contributed by atoms with Gasteiger partial charge in [-0.2, -0.15) is 0 Å². The summed E-state index contributed by atoms with van der Waals surface area (Å²) in [5.74, 6) is 0. The van der Waals surface area contributed by atoms with Crippen LogP contribution in [0.25, 0.3) is 0 Å². The van der Waals surface area contributed by atoms with Gasteiger partial charge in [-0.1, -0.05) is 20.8 Å². The van der Waals surface area contributed by atoms with Crippen molar-refractivity contribution in [3.8, 4) is 0 Å². The standard InChI is InChI=1S/C17H33N3S/c1-12(2)20(8)11-9-10-18-13(3)15-14(4)19-16(21-15)17(5,6)7/h12-13,18H,9-11H2,1-8H3. The molecule has 0 aliphatic rings. The van der Waals surface area contributed by atoms with Crippen molar-refractivity contribution >= 4 is 11.3 Å². The second kappa shape index (κ2) is 7.70. The highest BCUT2D eigenvalue weighted by molar-refractivity contribution is 7.12. The quantitative estimate of drug-likeness (QED) is 0.767. The molecule has 1 atom stereocenters. The Kier molecular flexibility index (Phi) is 6.82. The topological polar surface area (TPSA) is 28.2 Å². The van der Waals surface area contributed by atoms with Crippen LogP contribution in [-0.4, -0.2) is 36.1 Å². The first-order valence-electron chi connectivity index (χ1n) is 8.04. The third kappa shape index (κ3) is 5.68. The van der Waals surface area contributed by atoms with Crippen molar-refractivity contribution in [2.45, 2.75) is 72.4 Å². The molecule has 0 aliphatic heterocycles. The third-order valence-corrected chi connectivity index (χ3v) is 5.65. The molecule has 0 saturated carbocycles. The fourth-order valence-corrected chi connectivity index (χ4v) is 3.28. The van der Waals surface area contributed by atoms with E-state index in [1.807, 2.05) is 11.3 Å². The van der Waals surface area contributed by atoms with Crippen molar-refractivity contribution in [2.24, 2.45) is 0 Å². The molecule has 1 aromatic rings. The number of nitrogens with zero attached hydrogens (tertiary/aromatic N) is 2. The first-order chi connectivity index (χ1) is 9.62. The molecule has 3 nitrogen and oxygen atoms in total. The van der Waals surface area contributed by atoms with Gasteiger partial charge in [0.25, 0.3) is 0 Å². The fraction of sp³-hybridized carbons (Fsp3) is 0.824. The molecule has 0 saturated heterocycles. The van der Waals surface area contributed by atoms with E-state index in [4.69, 9.17) is 4.98 Å². The number of nitrogens with one attached hydrogen (secondary N) is 1. The highest BCUT2D eigenvalue weighted by Crippen LogP contribution is 2.32. The Balaban J connectivity index is 2.49. The molecule has 4 heteroatoms. The van der Waals surface area contributed by atoms with E-state index in [9.17, 15) is 0 Å². The molecule has 1 aromatic heterocycles. The molecule has 0 aromatic carbocycles. The van der Waals surface area contributed by atoms with Gasteiger partial charge in [0.1, 0.15) is 0 Å². The van der Waals surface area contributed by atoms with E-state index in [0.717, 1.165) is 13.1 Å². The lowest BCUT2D eigenvalue weighted by Gasteiger charge is -2.21. The van der Waals surface area contributed by atoms with Gasteiger partial charge >= 0.3 is 0 Å². The summed E-state index contributed by atoms with van der Waals surface area (Å²) in [7, 11) is 2.19. The Morgan fingerprint density at radius 3 is 2.33 bits per heavy atom. The number of hydrogen-bond acceptors (Lipinski definition) is 4. The molecule has 21 heavy (non-hydrogen) atoms. The van der Waals surface area contributed by atoms with Crippen LogP contribution in [0.15, 0.2) is 0 Å².